The highest BCUT2D eigenvalue weighted by atomic mass is 35.5. The van der Waals surface area contributed by atoms with E-state index in [9.17, 15) is 4.79 Å². The number of ether oxygens (including phenoxy) is 1. The summed E-state index contributed by atoms with van der Waals surface area (Å²) in [7, 11) is 1.91. The highest BCUT2D eigenvalue weighted by Gasteiger charge is 2.16. The van der Waals surface area contributed by atoms with Gasteiger partial charge < -0.3 is 15.4 Å². The molecular formula is C15H23ClN2O2. The van der Waals surface area contributed by atoms with Gasteiger partial charge in [-0.1, -0.05) is 12.1 Å². The van der Waals surface area contributed by atoms with Crippen LogP contribution < -0.4 is 10.6 Å². The molecule has 0 saturated carbocycles. The van der Waals surface area contributed by atoms with E-state index in [2.05, 4.69) is 10.6 Å². The molecule has 2 rings (SSSR count). The van der Waals surface area contributed by atoms with Gasteiger partial charge in [0.05, 0.1) is 6.10 Å². The lowest BCUT2D eigenvalue weighted by Crippen LogP contribution is -2.15. The molecule has 1 saturated heterocycles. The Bertz CT molecular complexity index is 420. The van der Waals surface area contributed by atoms with Crippen LogP contribution in [0.4, 0.5) is 5.69 Å². The zero-order chi connectivity index (χ0) is 13.5. The van der Waals surface area contributed by atoms with Crippen LogP contribution in [0.5, 0.6) is 0 Å². The SMILES string of the molecule is CNCc1cccc(NC(=O)CCC2CCCO2)c1.Cl. The highest BCUT2D eigenvalue weighted by molar-refractivity contribution is 5.90. The van der Waals surface area contributed by atoms with Crippen molar-refractivity contribution >= 4 is 24.0 Å². The molecule has 1 atom stereocenters. The van der Waals surface area contributed by atoms with E-state index in [0.29, 0.717) is 6.42 Å². The average Bonchev–Trinajstić information content (AvgIpc) is 2.90. The first-order valence-corrected chi connectivity index (χ1v) is 6.93. The third-order valence-corrected chi connectivity index (χ3v) is 3.31. The second kappa shape index (κ2) is 8.95. The molecule has 0 spiro atoms. The number of amides is 1. The number of hydrogen-bond donors (Lipinski definition) is 2. The number of nitrogens with one attached hydrogen (secondary N) is 2. The molecule has 5 heteroatoms. The molecular weight excluding hydrogens is 276 g/mol. The molecule has 0 radical (unpaired) electrons. The summed E-state index contributed by atoms with van der Waals surface area (Å²) >= 11 is 0. The summed E-state index contributed by atoms with van der Waals surface area (Å²) in [5.41, 5.74) is 2.03. The molecule has 1 aliphatic heterocycles. The van der Waals surface area contributed by atoms with E-state index in [1.165, 1.54) is 5.56 Å². The van der Waals surface area contributed by atoms with Crippen LogP contribution in [0.15, 0.2) is 24.3 Å². The summed E-state index contributed by atoms with van der Waals surface area (Å²) in [5, 5.41) is 6.04. The fourth-order valence-electron chi connectivity index (χ4n) is 2.35. The molecule has 0 bridgehead atoms. The Balaban J connectivity index is 0.00000200. The van der Waals surface area contributed by atoms with Gasteiger partial charge in [0.2, 0.25) is 5.91 Å². The highest BCUT2D eigenvalue weighted by Crippen LogP contribution is 2.17. The molecule has 20 heavy (non-hydrogen) atoms. The molecule has 1 unspecified atom stereocenters. The molecule has 1 amide bonds. The minimum absolute atomic E-state index is 0. The van der Waals surface area contributed by atoms with Crippen LogP contribution in [0.1, 0.15) is 31.2 Å². The number of hydrogen-bond acceptors (Lipinski definition) is 3. The van der Waals surface area contributed by atoms with Crippen LogP contribution in [0, 0.1) is 0 Å². The topological polar surface area (TPSA) is 50.4 Å². The van der Waals surface area contributed by atoms with Crippen molar-refractivity contribution in [3.8, 4) is 0 Å². The Morgan fingerprint density at radius 1 is 1.45 bits per heavy atom. The van der Waals surface area contributed by atoms with Crippen LogP contribution in [0.25, 0.3) is 0 Å². The molecule has 0 aliphatic carbocycles. The molecule has 1 fully saturated rings. The fraction of sp³-hybridized carbons (Fsp3) is 0.533. The van der Waals surface area contributed by atoms with Crippen LogP contribution in [0.3, 0.4) is 0 Å². The van der Waals surface area contributed by atoms with Gasteiger partial charge in [-0.15, -0.1) is 12.4 Å². The van der Waals surface area contributed by atoms with E-state index in [-0.39, 0.29) is 24.4 Å². The predicted octanol–water partition coefficient (Wildman–Crippen LogP) is 2.73. The van der Waals surface area contributed by atoms with Crippen molar-refractivity contribution in [2.75, 3.05) is 19.0 Å². The number of carbonyl (C=O) groups is 1. The summed E-state index contributed by atoms with van der Waals surface area (Å²) in [5.74, 6) is 0.0668. The Morgan fingerprint density at radius 3 is 3.00 bits per heavy atom. The smallest absolute Gasteiger partial charge is 0.224 e. The lowest BCUT2D eigenvalue weighted by Gasteiger charge is -2.10. The fourth-order valence-corrected chi connectivity index (χ4v) is 2.35. The normalized spacial score (nSPS) is 17.6. The maximum absolute atomic E-state index is 11.9. The number of rotatable bonds is 6. The minimum atomic E-state index is 0. The van der Waals surface area contributed by atoms with Gasteiger partial charge in [0.1, 0.15) is 0 Å². The summed E-state index contributed by atoms with van der Waals surface area (Å²) < 4.78 is 5.52. The van der Waals surface area contributed by atoms with Crippen LogP contribution in [-0.2, 0) is 16.1 Å². The van der Waals surface area contributed by atoms with E-state index in [1.807, 2.05) is 31.3 Å². The lowest BCUT2D eigenvalue weighted by atomic mass is 10.1. The van der Waals surface area contributed by atoms with E-state index in [4.69, 9.17) is 4.74 Å². The van der Waals surface area contributed by atoms with Crippen molar-refractivity contribution in [1.29, 1.82) is 0 Å². The van der Waals surface area contributed by atoms with Crippen molar-refractivity contribution in [3.63, 3.8) is 0 Å². The first kappa shape index (κ1) is 17.0. The Kier molecular flexibility index (Phi) is 7.59. The maximum atomic E-state index is 11.9. The molecule has 0 aromatic heterocycles. The summed E-state index contributed by atoms with van der Waals surface area (Å²) in [6.45, 7) is 1.65. The average molecular weight is 299 g/mol. The molecule has 1 aromatic rings. The maximum Gasteiger partial charge on any atom is 0.224 e. The second-order valence-electron chi connectivity index (χ2n) is 4.95. The monoisotopic (exact) mass is 298 g/mol. The Labute approximate surface area is 126 Å². The van der Waals surface area contributed by atoms with Crippen molar-refractivity contribution in [2.24, 2.45) is 0 Å². The second-order valence-corrected chi connectivity index (χ2v) is 4.95. The van der Waals surface area contributed by atoms with E-state index < -0.39 is 0 Å². The van der Waals surface area contributed by atoms with Gasteiger partial charge in [0, 0.05) is 25.3 Å². The third kappa shape index (κ3) is 5.49. The quantitative estimate of drug-likeness (QED) is 0.849. The van der Waals surface area contributed by atoms with Crippen molar-refractivity contribution < 1.29 is 9.53 Å². The first-order valence-electron chi connectivity index (χ1n) is 6.93. The van der Waals surface area contributed by atoms with Gasteiger partial charge in [0.15, 0.2) is 0 Å². The third-order valence-electron chi connectivity index (χ3n) is 3.31. The number of carbonyl (C=O) groups excluding carboxylic acids is 1. The molecule has 1 aromatic carbocycles. The summed E-state index contributed by atoms with van der Waals surface area (Å²) in [6.07, 6.45) is 3.84. The Morgan fingerprint density at radius 2 is 2.30 bits per heavy atom. The van der Waals surface area contributed by atoms with Crippen molar-refractivity contribution in [2.45, 2.75) is 38.3 Å². The van der Waals surface area contributed by atoms with E-state index in [1.54, 1.807) is 0 Å². The van der Waals surface area contributed by atoms with Crippen molar-refractivity contribution in [1.82, 2.24) is 5.32 Å². The number of halogens is 1. The van der Waals surface area contributed by atoms with Gasteiger partial charge in [-0.2, -0.15) is 0 Å². The summed E-state index contributed by atoms with van der Waals surface area (Å²) in [6, 6.07) is 7.92. The first-order chi connectivity index (χ1) is 9.28. The Hall–Kier alpha value is -1.10. The zero-order valence-electron chi connectivity index (χ0n) is 11.9. The minimum Gasteiger partial charge on any atom is -0.378 e. The van der Waals surface area contributed by atoms with Gasteiger partial charge in [-0.3, -0.25) is 4.79 Å². The standard InChI is InChI=1S/C15H22N2O2.ClH/c1-16-11-12-4-2-5-13(10-12)17-15(18)8-7-14-6-3-9-19-14;/h2,4-5,10,14,16H,3,6-9,11H2,1H3,(H,17,18);1H. The van der Waals surface area contributed by atoms with Crippen LogP contribution in [-0.4, -0.2) is 25.7 Å². The molecule has 4 nitrogen and oxygen atoms in total. The van der Waals surface area contributed by atoms with Crippen molar-refractivity contribution in [3.05, 3.63) is 29.8 Å². The number of benzene rings is 1. The lowest BCUT2D eigenvalue weighted by molar-refractivity contribution is -0.116. The van der Waals surface area contributed by atoms with E-state index in [0.717, 1.165) is 38.1 Å². The number of anilines is 1. The predicted molar refractivity (Wildman–Crippen MR) is 83.3 cm³/mol. The van der Waals surface area contributed by atoms with Gasteiger partial charge in [-0.25, -0.2) is 0 Å². The van der Waals surface area contributed by atoms with Gasteiger partial charge in [-0.05, 0) is 44.0 Å². The zero-order valence-corrected chi connectivity index (χ0v) is 12.7. The van der Waals surface area contributed by atoms with Gasteiger partial charge in [0.25, 0.3) is 0 Å². The molecule has 112 valence electrons. The van der Waals surface area contributed by atoms with Crippen LogP contribution in [0.2, 0.25) is 0 Å². The molecule has 2 N–H and O–H groups in total. The largest absolute Gasteiger partial charge is 0.378 e. The molecule has 1 heterocycles. The molecule has 1 aliphatic rings. The summed E-state index contributed by atoms with van der Waals surface area (Å²) in [4.78, 5) is 11.9. The van der Waals surface area contributed by atoms with E-state index >= 15 is 0 Å². The van der Waals surface area contributed by atoms with Gasteiger partial charge >= 0.3 is 0 Å². The van der Waals surface area contributed by atoms with Crippen LogP contribution >= 0.6 is 12.4 Å².